The summed E-state index contributed by atoms with van der Waals surface area (Å²) in [5, 5.41) is 0. The van der Waals surface area contributed by atoms with Crippen LogP contribution in [0.2, 0.25) is 0 Å². The first kappa shape index (κ1) is 15.1. The fourth-order valence-electron chi connectivity index (χ4n) is 3.57. The number of rotatable bonds is 0. The predicted octanol–water partition coefficient (Wildman–Crippen LogP) is 0.969. The highest BCUT2D eigenvalue weighted by Gasteiger charge is 2.48. The molecule has 4 atom stereocenters. The second-order valence-electron chi connectivity index (χ2n) is 5.65. The zero-order valence-corrected chi connectivity index (χ0v) is 12.7. The minimum atomic E-state index is -4.92. The van der Waals surface area contributed by atoms with E-state index in [4.69, 9.17) is 17.5 Å². The summed E-state index contributed by atoms with van der Waals surface area (Å²) in [7, 11) is -2.73. The van der Waals surface area contributed by atoms with Crippen molar-refractivity contribution in [2.45, 2.75) is 6.04 Å². The first-order valence-corrected chi connectivity index (χ1v) is 8.27. The summed E-state index contributed by atoms with van der Waals surface area (Å²) in [5.41, 5.74) is 2.64. The van der Waals surface area contributed by atoms with Crippen LogP contribution >= 0.6 is 0 Å². The standard InChI is InChI=1S/C15H15N2.H2O4S/c1-17-9-11-5-2-6-12-14(11)15-10(8-16-12)4-3-7-13(15)17;1-5(2,3)4/h2-9,11,13-15H,1H3;(H2,1,2,3,4)/q+1;/p-1. The summed E-state index contributed by atoms with van der Waals surface area (Å²) >= 11 is 0. The fourth-order valence-corrected chi connectivity index (χ4v) is 3.57. The van der Waals surface area contributed by atoms with E-state index in [1.807, 2.05) is 0 Å². The Bertz CT molecular complexity index is 763. The Morgan fingerprint density at radius 2 is 1.91 bits per heavy atom. The molecule has 0 aromatic carbocycles. The van der Waals surface area contributed by atoms with Gasteiger partial charge in [-0.05, 0) is 17.7 Å². The first-order valence-electron chi connectivity index (χ1n) is 6.90. The van der Waals surface area contributed by atoms with Crippen molar-refractivity contribution in [2.75, 3.05) is 7.05 Å². The lowest BCUT2D eigenvalue weighted by Gasteiger charge is -2.41. The molecule has 0 aromatic heterocycles. The molecule has 0 radical (unpaired) electrons. The SMILES string of the molecule is C[N+]1=CC2C=CC=C3N=CC4=CC=CC1C4C32.O=S(=O)([O-])O. The van der Waals surface area contributed by atoms with Crippen LogP contribution in [-0.4, -0.2) is 47.6 Å². The Labute approximate surface area is 129 Å². The molecular weight excluding hydrogens is 304 g/mol. The maximum absolute atomic E-state index is 8.63. The van der Waals surface area contributed by atoms with E-state index in [1.54, 1.807) is 0 Å². The third kappa shape index (κ3) is 2.87. The fraction of sp³-hybridized carbons (Fsp3) is 0.333. The van der Waals surface area contributed by atoms with Crippen LogP contribution in [0.3, 0.4) is 0 Å². The average molecular weight is 320 g/mol. The van der Waals surface area contributed by atoms with Gasteiger partial charge in [0.2, 0.25) is 10.4 Å². The lowest BCUT2D eigenvalue weighted by atomic mass is 9.66. The van der Waals surface area contributed by atoms with E-state index in [9.17, 15) is 0 Å². The summed E-state index contributed by atoms with van der Waals surface area (Å²) < 4.78 is 35.2. The molecule has 0 amide bonds. The zero-order chi connectivity index (χ0) is 15.9. The van der Waals surface area contributed by atoms with Crippen molar-refractivity contribution in [1.29, 1.82) is 0 Å². The molecule has 2 aliphatic heterocycles. The van der Waals surface area contributed by atoms with Gasteiger partial charge < -0.3 is 4.55 Å². The van der Waals surface area contributed by atoms with Crippen molar-refractivity contribution >= 4 is 22.8 Å². The highest BCUT2D eigenvalue weighted by Crippen LogP contribution is 2.44. The number of hydrogen-bond donors (Lipinski definition) is 1. The van der Waals surface area contributed by atoms with Crippen LogP contribution in [0.15, 0.2) is 52.7 Å². The second kappa shape index (κ2) is 5.42. The van der Waals surface area contributed by atoms with E-state index in [1.165, 1.54) is 11.3 Å². The van der Waals surface area contributed by atoms with Crippen molar-refractivity contribution in [1.82, 2.24) is 0 Å². The largest absolute Gasteiger partial charge is 0.726 e. The second-order valence-corrected chi connectivity index (χ2v) is 6.50. The molecule has 0 saturated carbocycles. The molecule has 4 unspecified atom stereocenters. The molecule has 0 aromatic rings. The smallest absolute Gasteiger partial charge is 0.215 e. The Morgan fingerprint density at radius 3 is 2.64 bits per heavy atom. The van der Waals surface area contributed by atoms with E-state index in [-0.39, 0.29) is 0 Å². The minimum absolute atomic E-state index is 0.498. The Morgan fingerprint density at radius 1 is 1.23 bits per heavy atom. The maximum Gasteiger partial charge on any atom is 0.215 e. The van der Waals surface area contributed by atoms with Gasteiger partial charge in [0.25, 0.3) is 0 Å². The summed E-state index contributed by atoms with van der Waals surface area (Å²) in [5.74, 6) is 1.63. The predicted molar refractivity (Wildman–Crippen MR) is 81.8 cm³/mol. The van der Waals surface area contributed by atoms with Crippen LogP contribution in [0.4, 0.5) is 0 Å². The van der Waals surface area contributed by atoms with E-state index in [0.717, 1.165) is 0 Å². The molecule has 0 bridgehead atoms. The van der Waals surface area contributed by atoms with Gasteiger partial charge in [-0.2, -0.15) is 0 Å². The molecule has 1 N–H and O–H groups in total. The molecule has 4 rings (SSSR count). The molecule has 2 heterocycles. The van der Waals surface area contributed by atoms with Crippen LogP contribution in [0.1, 0.15) is 0 Å². The van der Waals surface area contributed by atoms with Gasteiger partial charge in [-0.1, -0.05) is 24.3 Å². The maximum atomic E-state index is 8.63. The number of aliphatic imine (C=N–C) groups is 1. The van der Waals surface area contributed by atoms with Gasteiger partial charge in [0.15, 0.2) is 6.04 Å². The topological polar surface area (TPSA) is 92.8 Å². The summed E-state index contributed by atoms with van der Waals surface area (Å²) in [6.07, 6.45) is 17.7. The summed E-state index contributed by atoms with van der Waals surface area (Å²) in [6, 6.07) is 0.498. The number of hydrogen-bond acceptors (Lipinski definition) is 4. The Hall–Kier alpha value is -1.83. The van der Waals surface area contributed by atoms with Crippen molar-refractivity contribution in [3.8, 4) is 0 Å². The molecular formula is C15H16N2O4S. The Balaban J connectivity index is 0.000000254. The van der Waals surface area contributed by atoms with Crippen molar-refractivity contribution in [3.05, 3.63) is 47.7 Å². The number of nitrogens with zero attached hydrogens (tertiary/aromatic N) is 2. The molecule has 116 valence electrons. The highest BCUT2D eigenvalue weighted by atomic mass is 32.3. The van der Waals surface area contributed by atoms with Gasteiger partial charge in [0, 0.05) is 17.8 Å². The summed E-state index contributed by atoms with van der Waals surface area (Å²) in [4.78, 5) is 4.62. The van der Waals surface area contributed by atoms with Gasteiger partial charge in [-0.3, -0.25) is 9.55 Å². The normalized spacial score (nSPS) is 33.9. The molecule has 0 saturated heterocycles. The average Bonchev–Trinajstić information content (AvgIpc) is 2.44. The van der Waals surface area contributed by atoms with E-state index >= 15 is 0 Å². The van der Waals surface area contributed by atoms with Crippen molar-refractivity contribution < 1.29 is 22.1 Å². The van der Waals surface area contributed by atoms with Crippen molar-refractivity contribution in [3.63, 3.8) is 0 Å². The minimum Gasteiger partial charge on any atom is -0.726 e. The van der Waals surface area contributed by atoms with Gasteiger partial charge in [-0.25, -0.2) is 13.0 Å². The summed E-state index contributed by atoms with van der Waals surface area (Å²) in [6.45, 7) is 0. The number of allylic oxidation sites excluding steroid dienone is 6. The third-order valence-corrected chi connectivity index (χ3v) is 4.33. The number of likely N-dealkylation sites (N-methyl/N-ethyl adjacent to an activating group) is 1. The van der Waals surface area contributed by atoms with E-state index < -0.39 is 10.4 Å². The molecule has 0 spiro atoms. The van der Waals surface area contributed by atoms with E-state index in [2.05, 4.69) is 65.5 Å². The van der Waals surface area contributed by atoms with Crippen LogP contribution < -0.4 is 0 Å². The van der Waals surface area contributed by atoms with Crippen LogP contribution in [0, 0.1) is 17.8 Å². The van der Waals surface area contributed by atoms with Crippen LogP contribution in [-0.2, 0) is 10.4 Å². The molecule has 7 heteroatoms. The molecule has 22 heavy (non-hydrogen) atoms. The van der Waals surface area contributed by atoms with Crippen molar-refractivity contribution in [2.24, 2.45) is 22.7 Å². The monoisotopic (exact) mass is 320 g/mol. The van der Waals surface area contributed by atoms with Gasteiger partial charge >= 0.3 is 0 Å². The van der Waals surface area contributed by atoms with Gasteiger partial charge in [0.1, 0.15) is 13.3 Å². The van der Waals surface area contributed by atoms with Gasteiger partial charge in [0.05, 0.1) is 11.8 Å². The lowest BCUT2D eigenvalue weighted by molar-refractivity contribution is -0.537. The quantitative estimate of drug-likeness (QED) is 0.409. The molecule has 4 aliphatic rings. The first-order chi connectivity index (χ1) is 10.3. The molecule has 0 fully saturated rings. The molecule has 2 aliphatic carbocycles. The van der Waals surface area contributed by atoms with Crippen LogP contribution in [0.25, 0.3) is 0 Å². The van der Waals surface area contributed by atoms with Crippen LogP contribution in [0.5, 0.6) is 0 Å². The molecule has 6 nitrogen and oxygen atoms in total. The third-order valence-electron chi connectivity index (χ3n) is 4.33. The Kier molecular flexibility index (Phi) is 3.72. The van der Waals surface area contributed by atoms with Gasteiger partial charge in [-0.15, -0.1) is 0 Å². The lowest BCUT2D eigenvalue weighted by Crippen LogP contribution is -2.48. The zero-order valence-electron chi connectivity index (χ0n) is 11.9. The highest BCUT2D eigenvalue weighted by molar-refractivity contribution is 7.79. The van der Waals surface area contributed by atoms with E-state index in [0.29, 0.717) is 23.8 Å².